The van der Waals surface area contributed by atoms with Gasteiger partial charge in [-0.1, -0.05) is 20.3 Å². The number of hydrogen-bond donors (Lipinski definition) is 1. The Labute approximate surface area is 113 Å². The predicted octanol–water partition coefficient (Wildman–Crippen LogP) is 2.66. The summed E-state index contributed by atoms with van der Waals surface area (Å²) in [6.45, 7) is 8.81. The van der Waals surface area contributed by atoms with Crippen LogP contribution in [0.2, 0.25) is 0 Å². The van der Waals surface area contributed by atoms with Crippen LogP contribution in [0.3, 0.4) is 0 Å². The molecular weight excluding hydrogens is 224 g/mol. The van der Waals surface area contributed by atoms with Crippen LogP contribution in [0.15, 0.2) is 0 Å². The summed E-state index contributed by atoms with van der Waals surface area (Å²) >= 11 is 0. The van der Waals surface area contributed by atoms with Crippen LogP contribution in [0.25, 0.3) is 0 Å². The molecule has 1 heterocycles. The number of nitrogens with zero attached hydrogens (tertiary/aromatic N) is 1. The predicted molar refractivity (Wildman–Crippen MR) is 78.1 cm³/mol. The zero-order valence-electron chi connectivity index (χ0n) is 12.6. The van der Waals surface area contributed by atoms with E-state index in [1.165, 1.54) is 38.5 Å². The average Bonchev–Trinajstić information content (AvgIpc) is 2.39. The third-order valence-electron chi connectivity index (χ3n) is 3.82. The second kappa shape index (κ2) is 9.76. The summed E-state index contributed by atoms with van der Waals surface area (Å²) in [6.07, 6.45) is 8.05. The van der Waals surface area contributed by atoms with Gasteiger partial charge in [0.05, 0.1) is 6.10 Å². The van der Waals surface area contributed by atoms with Crippen LogP contribution >= 0.6 is 0 Å². The SMILES string of the molecule is CCCNCC(CCC)N(C)CC1CCCCO1. The van der Waals surface area contributed by atoms with Crippen LogP contribution in [0.5, 0.6) is 0 Å². The van der Waals surface area contributed by atoms with Gasteiger partial charge in [0.2, 0.25) is 0 Å². The van der Waals surface area contributed by atoms with Crippen molar-refractivity contribution < 1.29 is 4.74 Å². The average molecular weight is 256 g/mol. The summed E-state index contributed by atoms with van der Waals surface area (Å²) in [7, 11) is 2.26. The molecule has 0 aromatic rings. The fourth-order valence-corrected chi connectivity index (χ4v) is 2.68. The van der Waals surface area contributed by atoms with E-state index in [0.29, 0.717) is 12.1 Å². The van der Waals surface area contributed by atoms with Crippen molar-refractivity contribution in [2.45, 2.75) is 64.5 Å². The van der Waals surface area contributed by atoms with Crippen molar-refractivity contribution in [2.24, 2.45) is 0 Å². The van der Waals surface area contributed by atoms with Gasteiger partial charge in [0, 0.05) is 25.7 Å². The van der Waals surface area contributed by atoms with E-state index in [-0.39, 0.29) is 0 Å². The van der Waals surface area contributed by atoms with Crippen molar-refractivity contribution in [3.63, 3.8) is 0 Å². The van der Waals surface area contributed by atoms with Gasteiger partial charge in [0.25, 0.3) is 0 Å². The van der Waals surface area contributed by atoms with Crippen LogP contribution < -0.4 is 5.32 Å². The van der Waals surface area contributed by atoms with E-state index in [9.17, 15) is 0 Å². The van der Waals surface area contributed by atoms with E-state index in [4.69, 9.17) is 4.74 Å². The van der Waals surface area contributed by atoms with Crippen molar-refractivity contribution in [1.29, 1.82) is 0 Å². The third kappa shape index (κ3) is 6.17. The topological polar surface area (TPSA) is 24.5 Å². The fourth-order valence-electron chi connectivity index (χ4n) is 2.68. The molecular formula is C15H32N2O. The van der Waals surface area contributed by atoms with Gasteiger partial charge in [-0.3, -0.25) is 4.90 Å². The normalized spacial score (nSPS) is 22.3. The maximum absolute atomic E-state index is 5.84. The molecule has 0 aromatic carbocycles. The largest absolute Gasteiger partial charge is 0.377 e. The van der Waals surface area contributed by atoms with E-state index in [2.05, 4.69) is 31.1 Å². The quantitative estimate of drug-likeness (QED) is 0.642. The van der Waals surface area contributed by atoms with Gasteiger partial charge >= 0.3 is 0 Å². The van der Waals surface area contributed by atoms with E-state index in [0.717, 1.165) is 26.2 Å². The summed E-state index contributed by atoms with van der Waals surface area (Å²) in [6, 6.07) is 0.659. The first-order valence-electron chi connectivity index (χ1n) is 7.80. The summed E-state index contributed by atoms with van der Waals surface area (Å²) in [5.74, 6) is 0. The Hall–Kier alpha value is -0.120. The smallest absolute Gasteiger partial charge is 0.0702 e. The Morgan fingerprint density at radius 2 is 2.11 bits per heavy atom. The zero-order valence-corrected chi connectivity index (χ0v) is 12.6. The molecule has 108 valence electrons. The molecule has 0 saturated carbocycles. The Kier molecular flexibility index (Phi) is 8.64. The lowest BCUT2D eigenvalue weighted by atomic mass is 10.1. The first-order chi connectivity index (χ1) is 8.77. The van der Waals surface area contributed by atoms with E-state index in [1.54, 1.807) is 0 Å². The molecule has 0 spiro atoms. The zero-order chi connectivity index (χ0) is 13.2. The molecule has 0 radical (unpaired) electrons. The second-order valence-corrected chi connectivity index (χ2v) is 5.57. The lowest BCUT2D eigenvalue weighted by molar-refractivity contribution is -0.00871. The molecule has 0 bridgehead atoms. The third-order valence-corrected chi connectivity index (χ3v) is 3.82. The maximum atomic E-state index is 5.84. The van der Waals surface area contributed by atoms with Gasteiger partial charge in [0.1, 0.15) is 0 Å². The van der Waals surface area contributed by atoms with Crippen molar-refractivity contribution in [3.05, 3.63) is 0 Å². The fraction of sp³-hybridized carbons (Fsp3) is 1.00. The summed E-state index contributed by atoms with van der Waals surface area (Å²) in [5.41, 5.74) is 0. The molecule has 3 heteroatoms. The highest BCUT2D eigenvalue weighted by atomic mass is 16.5. The Bertz CT molecular complexity index is 193. The molecule has 2 atom stereocenters. The lowest BCUT2D eigenvalue weighted by Gasteiger charge is -2.33. The van der Waals surface area contributed by atoms with Gasteiger partial charge in [0.15, 0.2) is 0 Å². The Morgan fingerprint density at radius 3 is 2.72 bits per heavy atom. The lowest BCUT2D eigenvalue weighted by Crippen LogP contribution is -2.44. The van der Waals surface area contributed by atoms with Gasteiger partial charge in [-0.2, -0.15) is 0 Å². The molecule has 1 rings (SSSR count). The minimum Gasteiger partial charge on any atom is -0.377 e. The minimum atomic E-state index is 0.467. The van der Waals surface area contributed by atoms with Crippen molar-refractivity contribution in [1.82, 2.24) is 10.2 Å². The Morgan fingerprint density at radius 1 is 1.28 bits per heavy atom. The molecule has 1 fully saturated rings. The van der Waals surface area contributed by atoms with Crippen molar-refractivity contribution in [3.8, 4) is 0 Å². The molecule has 1 N–H and O–H groups in total. The van der Waals surface area contributed by atoms with E-state index < -0.39 is 0 Å². The molecule has 1 saturated heterocycles. The number of rotatable bonds is 9. The molecule has 1 aliphatic rings. The molecule has 2 unspecified atom stereocenters. The Balaban J connectivity index is 2.29. The number of likely N-dealkylation sites (N-methyl/N-ethyl adjacent to an activating group) is 1. The standard InChI is InChI=1S/C15H32N2O/c1-4-8-14(12-16-10-5-2)17(3)13-15-9-6-7-11-18-15/h14-16H,4-13H2,1-3H3. The highest BCUT2D eigenvalue weighted by molar-refractivity contribution is 4.75. The highest BCUT2D eigenvalue weighted by Gasteiger charge is 2.20. The molecule has 1 aliphatic heterocycles. The van der Waals surface area contributed by atoms with Crippen LogP contribution in [-0.2, 0) is 4.74 Å². The van der Waals surface area contributed by atoms with Gasteiger partial charge in [-0.25, -0.2) is 0 Å². The van der Waals surface area contributed by atoms with Crippen LogP contribution in [0.4, 0.5) is 0 Å². The summed E-state index contributed by atoms with van der Waals surface area (Å²) in [4.78, 5) is 2.50. The van der Waals surface area contributed by atoms with Crippen LogP contribution in [0, 0.1) is 0 Å². The first kappa shape index (κ1) is 15.9. The van der Waals surface area contributed by atoms with E-state index >= 15 is 0 Å². The molecule has 3 nitrogen and oxygen atoms in total. The number of hydrogen-bond acceptors (Lipinski definition) is 3. The van der Waals surface area contributed by atoms with Gasteiger partial charge < -0.3 is 10.1 Å². The number of nitrogens with one attached hydrogen (secondary N) is 1. The van der Waals surface area contributed by atoms with Crippen LogP contribution in [0.1, 0.15) is 52.4 Å². The van der Waals surface area contributed by atoms with E-state index in [1.807, 2.05) is 0 Å². The van der Waals surface area contributed by atoms with Crippen molar-refractivity contribution in [2.75, 3.05) is 33.3 Å². The summed E-state index contributed by atoms with van der Waals surface area (Å²) < 4.78 is 5.84. The molecule has 0 aliphatic carbocycles. The molecule has 0 amide bonds. The maximum Gasteiger partial charge on any atom is 0.0702 e. The molecule has 18 heavy (non-hydrogen) atoms. The highest BCUT2D eigenvalue weighted by Crippen LogP contribution is 2.15. The monoisotopic (exact) mass is 256 g/mol. The molecule has 0 aromatic heterocycles. The van der Waals surface area contributed by atoms with Crippen LogP contribution in [-0.4, -0.2) is 50.3 Å². The van der Waals surface area contributed by atoms with Gasteiger partial charge in [-0.05, 0) is 45.7 Å². The number of ether oxygens (including phenoxy) is 1. The second-order valence-electron chi connectivity index (χ2n) is 5.57. The van der Waals surface area contributed by atoms with Gasteiger partial charge in [-0.15, -0.1) is 0 Å². The summed E-state index contributed by atoms with van der Waals surface area (Å²) in [5, 5.41) is 3.56. The minimum absolute atomic E-state index is 0.467. The van der Waals surface area contributed by atoms with Crippen molar-refractivity contribution >= 4 is 0 Å². The first-order valence-corrected chi connectivity index (χ1v) is 7.80.